The molecule has 5 heteroatoms. The van der Waals surface area contributed by atoms with Crippen LogP contribution >= 0.6 is 0 Å². The number of carbonyl (C=O) groups excluding carboxylic acids is 1. The van der Waals surface area contributed by atoms with E-state index < -0.39 is 5.97 Å². The molecule has 0 amide bonds. The second-order valence-corrected chi connectivity index (χ2v) is 4.36. The third kappa shape index (κ3) is 4.25. The number of nitriles is 1. The van der Waals surface area contributed by atoms with Crippen molar-refractivity contribution in [1.29, 1.82) is 5.26 Å². The quantitative estimate of drug-likeness (QED) is 0.606. The van der Waals surface area contributed by atoms with Gasteiger partial charge in [0.05, 0.1) is 24.3 Å². The Morgan fingerprint density at radius 1 is 1.05 bits per heavy atom. The molecule has 22 heavy (non-hydrogen) atoms. The molecule has 0 spiro atoms. The fourth-order valence-corrected chi connectivity index (χ4v) is 1.81. The largest absolute Gasteiger partial charge is 0.490 e. The van der Waals surface area contributed by atoms with Crippen molar-refractivity contribution in [3.05, 3.63) is 59.7 Å². The van der Waals surface area contributed by atoms with Crippen LogP contribution in [-0.4, -0.2) is 26.3 Å². The lowest BCUT2D eigenvalue weighted by Gasteiger charge is -2.09. The van der Waals surface area contributed by atoms with Gasteiger partial charge in [0.1, 0.15) is 24.7 Å². The van der Waals surface area contributed by atoms with Crippen LogP contribution in [0, 0.1) is 11.3 Å². The predicted molar refractivity (Wildman–Crippen MR) is 79.9 cm³/mol. The van der Waals surface area contributed by atoms with Crippen LogP contribution in [0.4, 0.5) is 0 Å². The number of rotatable bonds is 6. The lowest BCUT2D eigenvalue weighted by molar-refractivity contribution is 0.0600. The Kier molecular flexibility index (Phi) is 5.38. The molecule has 2 rings (SSSR count). The summed E-state index contributed by atoms with van der Waals surface area (Å²) in [7, 11) is 1.33. The molecule has 0 saturated carbocycles. The second-order valence-electron chi connectivity index (χ2n) is 4.36. The molecule has 0 aliphatic carbocycles. The van der Waals surface area contributed by atoms with Crippen molar-refractivity contribution in [2.75, 3.05) is 20.3 Å². The Labute approximate surface area is 128 Å². The summed E-state index contributed by atoms with van der Waals surface area (Å²) in [6, 6.07) is 15.7. The van der Waals surface area contributed by atoms with E-state index in [4.69, 9.17) is 14.7 Å². The first-order chi connectivity index (χ1) is 10.7. The summed E-state index contributed by atoms with van der Waals surface area (Å²) in [6.45, 7) is 0.652. The van der Waals surface area contributed by atoms with E-state index in [0.29, 0.717) is 35.8 Å². The van der Waals surface area contributed by atoms with E-state index in [9.17, 15) is 4.79 Å². The predicted octanol–water partition coefficient (Wildman–Crippen LogP) is 2.80. The van der Waals surface area contributed by atoms with Crippen LogP contribution < -0.4 is 9.47 Å². The smallest absolute Gasteiger partial charge is 0.337 e. The number of benzene rings is 2. The van der Waals surface area contributed by atoms with Gasteiger partial charge in [-0.25, -0.2) is 4.79 Å². The minimum Gasteiger partial charge on any atom is -0.490 e. The van der Waals surface area contributed by atoms with Gasteiger partial charge in [-0.2, -0.15) is 5.26 Å². The number of ether oxygens (including phenoxy) is 3. The fraction of sp³-hybridized carbons (Fsp3) is 0.176. The molecule has 0 aliphatic rings. The molecule has 0 heterocycles. The molecule has 0 radical (unpaired) electrons. The normalized spacial score (nSPS) is 9.64. The van der Waals surface area contributed by atoms with E-state index in [1.165, 1.54) is 7.11 Å². The van der Waals surface area contributed by atoms with Gasteiger partial charge in [0.15, 0.2) is 0 Å². The topological polar surface area (TPSA) is 68.6 Å². The van der Waals surface area contributed by atoms with Gasteiger partial charge in [-0.05, 0) is 36.4 Å². The molecule has 5 nitrogen and oxygen atoms in total. The zero-order valence-corrected chi connectivity index (χ0v) is 12.1. The standard InChI is InChI=1S/C17H15NO4/c1-20-17(19)14-5-3-7-16(11-14)22-9-8-21-15-6-2-4-13(10-15)12-18/h2-7,10-11H,8-9H2,1H3. The zero-order valence-electron chi connectivity index (χ0n) is 12.1. The summed E-state index contributed by atoms with van der Waals surface area (Å²) in [5.41, 5.74) is 0.979. The van der Waals surface area contributed by atoms with Gasteiger partial charge in [-0.15, -0.1) is 0 Å². The number of hydrogen-bond donors (Lipinski definition) is 0. The van der Waals surface area contributed by atoms with Gasteiger partial charge in [0.2, 0.25) is 0 Å². The number of methoxy groups -OCH3 is 1. The van der Waals surface area contributed by atoms with Crippen LogP contribution in [0.1, 0.15) is 15.9 Å². The highest BCUT2D eigenvalue weighted by Gasteiger charge is 2.06. The van der Waals surface area contributed by atoms with Crippen LogP contribution in [0.5, 0.6) is 11.5 Å². The Morgan fingerprint density at radius 3 is 2.32 bits per heavy atom. The van der Waals surface area contributed by atoms with E-state index in [1.807, 2.05) is 0 Å². The van der Waals surface area contributed by atoms with Gasteiger partial charge in [-0.1, -0.05) is 12.1 Å². The molecule has 0 atom stereocenters. The second kappa shape index (κ2) is 7.70. The van der Waals surface area contributed by atoms with E-state index in [-0.39, 0.29) is 0 Å². The molecular weight excluding hydrogens is 282 g/mol. The van der Waals surface area contributed by atoms with E-state index in [2.05, 4.69) is 10.8 Å². The first-order valence-corrected chi connectivity index (χ1v) is 6.67. The molecule has 0 aromatic heterocycles. The molecule has 2 aromatic rings. The Bertz CT molecular complexity index is 691. The molecule has 112 valence electrons. The van der Waals surface area contributed by atoms with Crippen molar-refractivity contribution in [2.24, 2.45) is 0 Å². The molecular formula is C17H15NO4. The molecule has 0 fully saturated rings. The maximum absolute atomic E-state index is 11.4. The fourth-order valence-electron chi connectivity index (χ4n) is 1.81. The first kappa shape index (κ1) is 15.4. The number of esters is 1. The molecule has 0 saturated heterocycles. The summed E-state index contributed by atoms with van der Waals surface area (Å²) < 4.78 is 15.7. The summed E-state index contributed by atoms with van der Waals surface area (Å²) in [4.78, 5) is 11.4. The average Bonchev–Trinajstić information content (AvgIpc) is 2.58. The Morgan fingerprint density at radius 2 is 1.68 bits per heavy atom. The summed E-state index contributed by atoms with van der Waals surface area (Å²) in [6.07, 6.45) is 0. The molecule has 0 aliphatic heterocycles. The molecule has 2 aromatic carbocycles. The number of nitrogens with zero attached hydrogens (tertiary/aromatic N) is 1. The van der Waals surface area contributed by atoms with Crippen molar-refractivity contribution in [2.45, 2.75) is 0 Å². The molecule has 0 bridgehead atoms. The zero-order chi connectivity index (χ0) is 15.8. The highest BCUT2D eigenvalue weighted by Crippen LogP contribution is 2.15. The number of carbonyl (C=O) groups is 1. The highest BCUT2D eigenvalue weighted by molar-refractivity contribution is 5.89. The minimum atomic E-state index is -0.407. The molecule has 0 unspecified atom stereocenters. The van der Waals surface area contributed by atoms with Crippen LogP contribution in [-0.2, 0) is 4.74 Å². The third-order valence-corrected chi connectivity index (χ3v) is 2.84. The number of hydrogen-bond acceptors (Lipinski definition) is 5. The SMILES string of the molecule is COC(=O)c1cccc(OCCOc2cccc(C#N)c2)c1. The van der Waals surface area contributed by atoms with Gasteiger partial charge >= 0.3 is 5.97 Å². The van der Waals surface area contributed by atoms with Gasteiger partial charge in [-0.3, -0.25) is 0 Å². The van der Waals surface area contributed by atoms with Crippen molar-refractivity contribution < 1.29 is 19.0 Å². The van der Waals surface area contributed by atoms with Crippen molar-refractivity contribution in [3.63, 3.8) is 0 Å². The van der Waals surface area contributed by atoms with E-state index in [1.54, 1.807) is 48.5 Å². The maximum Gasteiger partial charge on any atom is 0.337 e. The minimum absolute atomic E-state index is 0.321. The highest BCUT2D eigenvalue weighted by atomic mass is 16.5. The average molecular weight is 297 g/mol. The van der Waals surface area contributed by atoms with E-state index in [0.717, 1.165) is 0 Å². The summed E-state index contributed by atoms with van der Waals surface area (Å²) in [5, 5.41) is 8.81. The van der Waals surface area contributed by atoms with Crippen LogP contribution in [0.25, 0.3) is 0 Å². The summed E-state index contributed by atoms with van der Waals surface area (Å²) >= 11 is 0. The van der Waals surface area contributed by atoms with Crippen molar-refractivity contribution >= 4 is 5.97 Å². The third-order valence-electron chi connectivity index (χ3n) is 2.84. The van der Waals surface area contributed by atoms with Crippen molar-refractivity contribution in [1.82, 2.24) is 0 Å². The van der Waals surface area contributed by atoms with Gasteiger partial charge in [0, 0.05) is 0 Å². The first-order valence-electron chi connectivity index (χ1n) is 6.67. The summed E-state index contributed by atoms with van der Waals surface area (Å²) in [5.74, 6) is 0.776. The Hall–Kier alpha value is -3.00. The van der Waals surface area contributed by atoms with Crippen molar-refractivity contribution in [3.8, 4) is 17.6 Å². The Balaban J connectivity index is 1.84. The van der Waals surface area contributed by atoms with Gasteiger partial charge < -0.3 is 14.2 Å². The van der Waals surface area contributed by atoms with E-state index >= 15 is 0 Å². The van der Waals surface area contributed by atoms with Crippen LogP contribution in [0.3, 0.4) is 0 Å². The molecule has 0 N–H and O–H groups in total. The lowest BCUT2D eigenvalue weighted by Crippen LogP contribution is -2.09. The van der Waals surface area contributed by atoms with Gasteiger partial charge in [0.25, 0.3) is 0 Å². The van der Waals surface area contributed by atoms with Crippen LogP contribution in [0.2, 0.25) is 0 Å². The van der Waals surface area contributed by atoms with Crippen LogP contribution in [0.15, 0.2) is 48.5 Å². The lowest BCUT2D eigenvalue weighted by atomic mass is 10.2. The maximum atomic E-state index is 11.4. The monoisotopic (exact) mass is 297 g/mol.